The largest absolute Gasteiger partial charge is 0.324 e. The molecular formula is C34H21ClN8. The molecule has 5 heterocycles. The maximum atomic E-state index is 5.02. The van der Waals surface area contributed by atoms with Crippen LogP contribution in [0.5, 0.6) is 0 Å². The number of hydrogen-bond donors (Lipinski definition) is 2. The Balaban J connectivity index is 0.000000892. The van der Waals surface area contributed by atoms with Gasteiger partial charge in [-0.25, -0.2) is 29.9 Å². The van der Waals surface area contributed by atoms with Gasteiger partial charge >= 0.3 is 0 Å². The Morgan fingerprint density at radius 2 is 0.651 bits per heavy atom. The molecule has 8 nitrogen and oxygen atoms in total. The molecule has 204 valence electrons. The lowest BCUT2D eigenvalue weighted by Crippen LogP contribution is -1.82. The molecule has 2 aliphatic heterocycles. The van der Waals surface area contributed by atoms with Crippen molar-refractivity contribution < 1.29 is 0 Å². The summed E-state index contributed by atoms with van der Waals surface area (Å²) < 4.78 is 0. The summed E-state index contributed by atoms with van der Waals surface area (Å²) in [5.74, 6) is 2.39. The summed E-state index contributed by atoms with van der Waals surface area (Å²) in [6.07, 6.45) is 0. The van der Waals surface area contributed by atoms with Gasteiger partial charge in [0.2, 0.25) is 0 Å². The molecule has 8 bridgehead atoms. The molecule has 2 N–H and O–H groups in total. The van der Waals surface area contributed by atoms with Crippen LogP contribution >= 0.6 is 11.6 Å². The van der Waals surface area contributed by atoms with Crippen molar-refractivity contribution in [2.75, 3.05) is 0 Å². The van der Waals surface area contributed by atoms with Gasteiger partial charge in [-0.15, -0.1) is 0 Å². The molecule has 43 heavy (non-hydrogen) atoms. The fraction of sp³-hybridized carbons (Fsp3) is 0. The van der Waals surface area contributed by atoms with E-state index in [4.69, 9.17) is 41.5 Å². The van der Waals surface area contributed by atoms with Crippen molar-refractivity contribution in [2.45, 2.75) is 0 Å². The normalized spacial score (nSPS) is 11.5. The molecule has 7 aromatic rings. The minimum Gasteiger partial charge on any atom is -0.324 e. The Kier molecular flexibility index (Phi) is 5.80. The monoisotopic (exact) mass is 576 g/mol. The van der Waals surface area contributed by atoms with Gasteiger partial charge in [-0.3, -0.25) is 0 Å². The Labute approximate surface area is 249 Å². The van der Waals surface area contributed by atoms with E-state index in [1.165, 1.54) is 5.54 Å². The van der Waals surface area contributed by atoms with Crippen LogP contribution in [0.1, 0.15) is 0 Å². The van der Waals surface area contributed by atoms with E-state index in [2.05, 4.69) is 16.5 Å². The number of nitrogens with one attached hydrogen (secondary N) is 2. The first-order chi connectivity index (χ1) is 21.2. The first-order valence-corrected chi connectivity index (χ1v) is 14.1. The number of aromatic nitrogens is 8. The van der Waals surface area contributed by atoms with Crippen molar-refractivity contribution in [1.29, 1.82) is 0 Å². The zero-order valence-electron chi connectivity index (χ0n) is 22.6. The highest BCUT2D eigenvalue weighted by Gasteiger charge is 2.21. The van der Waals surface area contributed by atoms with Gasteiger partial charge in [0.05, 0.1) is 0 Å². The number of nitrogens with zero attached hydrogens (tertiary/aromatic N) is 6. The van der Waals surface area contributed by atoms with E-state index in [0.717, 1.165) is 43.8 Å². The molecule has 0 aliphatic carbocycles. The lowest BCUT2D eigenvalue weighted by molar-refractivity contribution is 1.19. The third-order valence-electron chi connectivity index (χ3n) is 7.46. The van der Waals surface area contributed by atoms with Gasteiger partial charge in [-0.2, -0.15) is 0 Å². The first-order valence-electron chi connectivity index (χ1n) is 13.6. The highest BCUT2D eigenvalue weighted by molar-refractivity contribution is 6.25. The molecule has 0 saturated carbocycles. The fourth-order valence-corrected chi connectivity index (χ4v) is 5.59. The van der Waals surface area contributed by atoms with Crippen LogP contribution in [-0.4, -0.2) is 39.9 Å². The van der Waals surface area contributed by atoms with Crippen molar-refractivity contribution in [2.24, 2.45) is 0 Å². The summed E-state index contributed by atoms with van der Waals surface area (Å²) >= 11 is 4.76. The van der Waals surface area contributed by atoms with E-state index in [0.29, 0.717) is 45.9 Å². The number of benzene rings is 4. The molecule has 0 fully saturated rings. The van der Waals surface area contributed by atoms with Gasteiger partial charge in [0.25, 0.3) is 0 Å². The lowest BCUT2D eigenvalue weighted by Gasteiger charge is -1.96. The third kappa shape index (κ3) is 4.07. The number of rotatable bonds is 0. The van der Waals surface area contributed by atoms with Crippen molar-refractivity contribution in [1.82, 2.24) is 39.9 Å². The summed E-state index contributed by atoms with van der Waals surface area (Å²) in [5.41, 5.74) is 7.67. The van der Waals surface area contributed by atoms with E-state index in [1.807, 2.05) is 97.1 Å². The van der Waals surface area contributed by atoms with Crippen LogP contribution in [-0.2, 0) is 0 Å². The molecule has 4 aromatic carbocycles. The third-order valence-corrected chi connectivity index (χ3v) is 7.46. The summed E-state index contributed by atoms with van der Waals surface area (Å²) in [4.78, 5) is 36.8. The van der Waals surface area contributed by atoms with Crippen molar-refractivity contribution in [3.63, 3.8) is 0 Å². The standard InChI is InChI=1S/C32H18N8.C2H3Cl/c1-2-10-18-17(9-1)25-33-26(18)38-28-21-13-5-6-14-22(21)30(35-28)40-32-24-16-8-7-15-23(24)31(36-32)39-29-20-12-4-3-11-19(20)27(34-29)37-25;1-2-3/h1-16H,(H2,33,34,35,36,37,38,39,40);2H,1H2. The van der Waals surface area contributed by atoms with Gasteiger partial charge in [0.15, 0.2) is 23.3 Å². The summed E-state index contributed by atoms with van der Waals surface area (Å²) in [6, 6.07) is 32.2. The van der Waals surface area contributed by atoms with Crippen LogP contribution in [0.25, 0.3) is 89.7 Å². The maximum absolute atomic E-state index is 5.02. The van der Waals surface area contributed by atoms with Gasteiger partial charge in [0, 0.05) is 43.8 Å². The van der Waals surface area contributed by atoms with Crippen LogP contribution in [0.4, 0.5) is 0 Å². The minimum atomic E-state index is 0.597. The van der Waals surface area contributed by atoms with Crippen LogP contribution in [0.3, 0.4) is 0 Å². The van der Waals surface area contributed by atoms with E-state index < -0.39 is 0 Å². The number of H-pyrrole nitrogens is 2. The second-order valence-electron chi connectivity index (χ2n) is 9.95. The Morgan fingerprint density at radius 1 is 0.419 bits per heavy atom. The zero-order valence-corrected chi connectivity index (χ0v) is 23.3. The van der Waals surface area contributed by atoms with E-state index in [-0.39, 0.29) is 0 Å². The summed E-state index contributed by atoms with van der Waals surface area (Å²) in [6.45, 7) is 3.13. The van der Waals surface area contributed by atoms with E-state index in [9.17, 15) is 0 Å². The predicted octanol–water partition coefficient (Wildman–Crippen LogP) is 8.24. The molecule has 2 aliphatic rings. The smallest absolute Gasteiger partial charge is 0.164 e. The molecule has 9 heteroatoms. The zero-order chi connectivity index (χ0) is 28.9. The second-order valence-corrected chi connectivity index (χ2v) is 10.3. The fourth-order valence-electron chi connectivity index (χ4n) is 5.59. The first kappa shape index (κ1) is 25.0. The average Bonchev–Trinajstić information content (AvgIpc) is 3.77. The summed E-state index contributed by atoms with van der Waals surface area (Å²) in [5, 5.41) is 3.82. The highest BCUT2D eigenvalue weighted by Crippen LogP contribution is 2.36. The number of halogens is 1. The lowest BCUT2D eigenvalue weighted by atomic mass is 10.1. The van der Waals surface area contributed by atoms with Gasteiger partial charge < -0.3 is 9.97 Å². The van der Waals surface area contributed by atoms with Crippen molar-refractivity contribution >= 4 is 55.7 Å². The van der Waals surface area contributed by atoms with Gasteiger partial charge in [-0.05, 0) is 5.54 Å². The molecule has 0 spiro atoms. The predicted molar refractivity (Wildman–Crippen MR) is 172 cm³/mol. The van der Waals surface area contributed by atoms with Gasteiger partial charge in [-0.1, -0.05) is 115 Å². The molecule has 0 amide bonds. The molecule has 0 saturated heterocycles. The van der Waals surface area contributed by atoms with Crippen molar-refractivity contribution in [3.05, 3.63) is 109 Å². The average molecular weight is 577 g/mol. The highest BCUT2D eigenvalue weighted by atomic mass is 35.5. The number of hydrogen-bond acceptors (Lipinski definition) is 6. The molecule has 0 unspecified atom stereocenters. The Bertz CT molecular complexity index is 2090. The van der Waals surface area contributed by atoms with Crippen LogP contribution in [0.15, 0.2) is 109 Å². The SMILES string of the molecule is C=CCl.c1ccc2c(c1)-c1nc-2nc2[nH]c(nc3nc(nc4[nH]c(n1)c1ccccc41)-c1ccccc1-3)c1ccccc21. The quantitative estimate of drug-likeness (QED) is 0.188. The second kappa shape index (κ2) is 9.97. The molecule has 0 atom stereocenters. The molecular weight excluding hydrogens is 556 g/mol. The maximum Gasteiger partial charge on any atom is 0.164 e. The van der Waals surface area contributed by atoms with E-state index >= 15 is 0 Å². The number of aromatic amines is 2. The number of fused-ring (bicyclic) bond motifs is 20. The minimum absolute atomic E-state index is 0.597. The summed E-state index contributed by atoms with van der Waals surface area (Å²) in [7, 11) is 0. The molecule has 9 rings (SSSR count). The molecule has 3 aromatic heterocycles. The van der Waals surface area contributed by atoms with E-state index in [1.54, 1.807) is 0 Å². The Hall–Kier alpha value is -5.73. The van der Waals surface area contributed by atoms with Gasteiger partial charge in [0.1, 0.15) is 22.6 Å². The van der Waals surface area contributed by atoms with Crippen LogP contribution in [0, 0.1) is 0 Å². The topological polar surface area (TPSA) is 109 Å². The molecule has 0 radical (unpaired) electrons. The Morgan fingerprint density at radius 3 is 0.907 bits per heavy atom. The van der Waals surface area contributed by atoms with Crippen LogP contribution in [0.2, 0.25) is 0 Å². The van der Waals surface area contributed by atoms with Crippen LogP contribution < -0.4 is 0 Å². The van der Waals surface area contributed by atoms with Crippen molar-refractivity contribution in [3.8, 4) is 45.6 Å².